The molecule has 0 atom stereocenters. The number of nitrogens with zero attached hydrogens (tertiary/aromatic N) is 4. The number of para-hydroxylation sites is 1. The highest BCUT2D eigenvalue weighted by Gasteiger charge is 2.17. The van der Waals surface area contributed by atoms with Crippen LogP contribution in [0.25, 0.3) is 11.2 Å². The number of imidazole rings is 1. The minimum Gasteiger partial charge on any atom is -0.354 e. The number of aromatic nitrogens is 4. The van der Waals surface area contributed by atoms with Crippen molar-refractivity contribution >= 4 is 40.1 Å². The molecule has 3 heterocycles. The van der Waals surface area contributed by atoms with Gasteiger partial charge in [0.1, 0.15) is 11.3 Å². The Balaban J connectivity index is 1.60. The summed E-state index contributed by atoms with van der Waals surface area (Å²) in [5, 5.41) is 8.43. The van der Waals surface area contributed by atoms with Crippen molar-refractivity contribution in [3.8, 4) is 0 Å². The molecule has 2 N–H and O–H groups in total. The van der Waals surface area contributed by atoms with Gasteiger partial charge in [0, 0.05) is 17.5 Å². The van der Waals surface area contributed by atoms with E-state index in [0.717, 1.165) is 13.0 Å². The van der Waals surface area contributed by atoms with Gasteiger partial charge in [-0.3, -0.25) is 4.57 Å². The Morgan fingerprint density at radius 3 is 2.75 bits per heavy atom. The van der Waals surface area contributed by atoms with Crippen molar-refractivity contribution in [3.63, 3.8) is 0 Å². The number of halogens is 1. The molecule has 0 amide bonds. The topological polar surface area (TPSA) is 67.7 Å². The van der Waals surface area contributed by atoms with E-state index >= 15 is 0 Å². The van der Waals surface area contributed by atoms with Crippen LogP contribution in [0.3, 0.4) is 0 Å². The van der Waals surface area contributed by atoms with Crippen LogP contribution in [0.15, 0.2) is 48.0 Å². The maximum absolute atomic E-state index is 14.0. The molecule has 0 bridgehead atoms. The summed E-state index contributed by atoms with van der Waals surface area (Å²) in [7, 11) is 0. The number of hydrogen-bond donors (Lipinski definition) is 2. The molecular formula is C20H21FN6S. The van der Waals surface area contributed by atoms with Crippen molar-refractivity contribution in [2.75, 3.05) is 17.2 Å². The van der Waals surface area contributed by atoms with Crippen molar-refractivity contribution in [3.05, 3.63) is 58.7 Å². The highest BCUT2D eigenvalue weighted by Crippen LogP contribution is 2.27. The molecule has 0 fully saturated rings. The first-order chi connectivity index (χ1) is 13.6. The van der Waals surface area contributed by atoms with Crippen LogP contribution in [0, 0.1) is 5.82 Å². The van der Waals surface area contributed by atoms with Crippen molar-refractivity contribution in [2.45, 2.75) is 26.3 Å². The van der Waals surface area contributed by atoms with Crippen LogP contribution in [-0.2, 0) is 6.42 Å². The minimum absolute atomic E-state index is 0.0909. The molecule has 0 aliphatic heterocycles. The number of rotatable bonds is 7. The Bertz CT molecular complexity index is 1070. The van der Waals surface area contributed by atoms with E-state index in [2.05, 4.69) is 37.0 Å². The lowest BCUT2D eigenvalue weighted by Gasteiger charge is -2.14. The summed E-state index contributed by atoms with van der Waals surface area (Å²) >= 11 is 1.74. The number of nitrogens with one attached hydrogen (secondary N) is 2. The molecular weight excluding hydrogens is 375 g/mol. The molecule has 28 heavy (non-hydrogen) atoms. The van der Waals surface area contributed by atoms with Gasteiger partial charge in [0.05, 0.1) is 11.9 Å². The number of fused-ring (bicyclic) bond motifs is 1. The molecule has 0 spiro atoms. The lowest BCUT2D eigenvalue weighted by molar-refractivity contribution is 0.615. The van der Waals surface area contributed by atoms with Crippen LogP contribution in [0.5, 0.6) is 0 Å². The molecule has 0 aliphatic carbocycles. The number of hydrogen-bond acceptors (Lipinski definition) is 6. The van der Waals surface area contributed by atoms with E-state index in [9.17, 15) is 4.39 Å². The Morgan fingerprint density at radius 1 is 1.14 bits per heavy atom. The summed E-state index contributed by atoms with van der Waals surface area (Å²) in [5.74, 6) is 0.773. The summed E-state index contributed by atoms with van der Waals surface area (Å²) in [6.07, 6.45) is 2.61. The Hall–Kier alpha value is -3.00. The smallest absolute Gasteiger partial charge is 0.224 e. The lowest BCUT2D eigenvalue weighted by Crippen LogP contribution is -2.10. The maximum atomic E-state index is 14.0. The van der Waals surface area contributed by atoms with E-state index in [1.807, 2.05) is 24.5 Å². The molecule has 1 aromatic carbocycles. The highest BCUT2D eigenvalue weighted by atomic mass is 32.1. The molecule has 8 heteroatoms. The summed E-state index contributed by atoms with van der Waals surface area (Å²) in [6.45, 7) is 4.83. The standard InChI is InChI=1S/C20H21FN6S/c1-13(2)27-18-17(25-20(27)24-16-8-4-3-7-15(16)21)12-23-19(26-18)22-10-9-14-6-5-11-28-14/h3-8,11-13H,9-10H2,1-2H3,(H,24,25)(H,22,23,26). The van der Waals surface area contributed by atoms with Crippen molar-refractivity contribution < 1.29 is 4.39 Å². The van der Waals surface area contributed by atoms with Gasteiger partial charge in [0.25, 0.3) is 0 Å². The van der Waals surface area contributed by atoms with Gasteiger partial charge in [-0.25, -0.2) is 14.4 Å². The van der Waals surface area contributed by atoms with Gasteiger partial charge in [-0.15, -0.1) is 11.3 Å². The quantitative estimate of drug-likeness (QED) is 0.460. The molecule has 4 rings (SSSR count). The fourth-order valence-corrected chi connectivity index (χ4v) is 3.70. The molecule has 144 valence electrons. The van der Waals surface area contributed by atoms with E-state index in [1.54, 1.807) is 35.7 Å². The SMILES string of the molecule is CC(C)n1c(Nc2ccccc2F)nc2cnc(NCCc3cccs3)nc21. The van der Waals surface area contributed by atoms with Crippen LogP contribution in [-0.4, -0.2) is 26.1 Å². The zero-order chi connectivity index (χ0) is 19.5. The summed E-state index contributed by atoms with van der Waals surface area (Å²) in [6, 6.07) is 10.8. The van der Waals surface area contributed by atoms with Crippen LogP contribution in [0.1, 0.15) is 24.8 Å². The highest BCUT2D eigenvalue weighted by molar-refractivity contribution is 7.09. The normalized spacial score (nSPS) is 11.3. The molecule has 0 saturated carbocycles. The molecule has 6 nitrogen and oxygen atoms in total. The zero-order valence-electron chi connectivity index (χ0n) is 15.7. The second kappa shape index (κ2) is 7.93. The molecule has 4 aromatic rings. The average molecular weight is 396 g/mol. The molecule has 0 unspecified atom stereocenters. The summed E-state index contributed by atoms with van der Waals surface area (Å²) in [5.41, 5.74) is 1.75. The summed E-state index contributed by atoms with van der Waals surface area (Å²) < 4.78 is 16.0. The molecule has 0 aliphatic rings. The van der Waals surface area contributed by atoms with Gasteiger partial charge in [-0.1, -0.05) is 18.2 Å². The Labute approximate surface area is 166 Å². The Kier molecular flexibility index (Phi) is 5.21. The van der Waals surface area contributed by atoms with Crippen LogP contribution in [0.2, 0.25) is 0 Å². The first-order valence-electron chi connectivity index (χ1n) is 9.14. The second-order valence-electron chi connectivity index (χ2n) is 6.66. The van der Waals surface area contributed by atoms with Crippen LogP contribution in [0.4, 0.5) is 22.0 Å². The third-order valence-electron chi connectivity index (χ3n) is 4.30. The van der Waals surface area contributed by atoms with E-state index in [1.165, 1.54) is 10.9 Å². The molecule has 0 saturated heterocycles. The van der Waals surface area contributed by atoms with E-state index < -0.39 is 0 Å². The summed E-state index contributed by atoms with van der Waals surface area (Å²) in [4.78, 5) is 14.9. The predicted molar refractivity (Wildman–Crippen MR) is 112 cm³/mol. The Morgan fingerprint density at radius 2 is 2.00 bits per heavy atom. The van der Waals surface area contributed by atoms with Gasteiger partial charge in [0.15, 0.2) is 5.65 Å². The maximum Gasteiger partial charge on any atom is 0.224 e. The molecule has 0 radical (unpaired) electrons. The third kappa shape index (κ3) is 3.82. The average Bonchev–Trinajstić information content (AvgIpc) is 3.30. The molecule has 3 aromatic heterocycles. The monoisotopic (exact) mass is 396 g/mol. The zero-order valence-corrected chi connectivity index (χ0v) is 16.5. The van der Waals surface area contributed by atoms with Crippen molar-refractivity contribution in [2.24, 2.45) is 0 Å². The first-order valence-corrected chi connectivity index (χ1v) is 10.0. The number of benzene rings is 1. The van der Waals surface area contributed by atoms with Gasteiger partial charge in [-0.2, -0.15) is 4.98 Å². The van der Waals surface area contributed by atoms with Crippen LogP contribution >= 0.6 is 11.3 Å². The fraction of sp³-hybridized carbons (Fsp3) is 0.250. The van der Waals surface area contributed by atoms with Gasteiger partial charge < -0.3 is 10.6 Å². The predicted octanol–water partition coefficient (Wildman–Crippen LogP) is 5.01. The second-order valence-corrected chi connectivity index (χ2v) is 7.69. The van der Waals surface area contributed by atoms with Crippen LogP contribution < -0.4 is 10.6 Å². The van der Waals surface area contributed by atoms with E-state index in [-0.39, 0.29) is 11.9 Å². The van der Waals surface area contributed by atoms with E-state index in [0.29, 0.717) is 28.7 Å². The first kappa shape index (κ1) is 18.4. The van der Waals surface area contributed by atoms with E-state index in [4.69, 9.17) is 0 Å². The van der Waals surface area contributed by atoms with Gasteiger partial charge in [0.2, 0.25) is 11.9 Å². The van der Waals surface area contributed by atoms with Crippen molar-refractivity contribution in [1.82, 2.24) is 19.5 Å². The van der Waals surface area contributed by atoms with Gasteiger partial charge in [-0.05, 0) is 43.8 Å². The number of anilines is 3. The third-order valence-corrected chi connectivity index (χ3v) is 5.24. The fourth-order valence-electron chi connectivity index (χ4n) is 2.99. The largest absolute Gasteiger partial charge is 0.354 e. The number of thiophene rings is 1. The minimum atomic E-state index is -0.327. The van der Waals surface area contributed by atoms with Crippen molar-refractivity contribution in [1.29, 1.82) is 0 Å². The lowest BCUT2D eigenvalue weighted by atomic mass is 10.3. The van der Waals surface area contributed by atoms with Gasteiger partial charge >= 0.3 is 0 Å².